The fourth-order valence-corrected chi connectivity index (χ4v) is 2.38. The Morgan fingerprint density at radius 1 is 1.24 bits per heavy atom. The molecule has 0 amide bonds. The normalized spacial score (nSPS) is 10.5. The van der Waals surface area contributed by atoms with Gasteiger partial charge in [-0.3, -0.25) is 10.1 Å². The maximum absolute atomic E-state index is 10.6. The Balaban J connectivity index is 1.70. The molecule has 7 heteroatoms. The third-order valence-corrected chi connectivity index (χ3v) is 3.60. The first-order valence-corrected chi connectivity index (χ1v) is 7.07. The fourth-order valence-electron chi connectivity index (χ4n) is 1.85. The molecule has 0 saturated heterocycles. The number of nitrogens with zero attached hydrogens (tertiary/aromatic N) is 2. The summed E-state index contributed by atoms with van der Waals surface area (Å²) in [5, 5.41) is 16.5. The number of aromatic nitrogens is 1. The Morgan fingerprint density at radius 2 is 2.05 bits per heavy atom. The van der Waals surface area contributed by atoms with Crippen molar-refractivity contribution in [2.24, 2.45) is 0 Å². The number of hydrogen-bond acceptors (Lipinski definition) is 6. The second-order valence-corrected chi connectivity index (χ2v) is 5.16. The van der Waals surface area contributed by atoms with Gasteiger partial charge in [0.1, 0.15) is 11.5 Å². The van der Waals surface area contributed by atoms with E-state index in [4.69, 9.17) is 4.42 Å². The van der Waals surface area contributed by atoms with Crippen LogP contribution in [0, 0.1) is 10.1 Å². The van der Waals surface area contributed by atoms with E-state index in [0.29, 0.717) is 12.3 Å². The van der Waals surface area contributed by atoms with Crippen LogP contribution in [0.15, 0.2) is 52.4 Å². The van der Waals surface area contributed by atoms with Crippen molar-refractivity contribution in [3.05, 3.63) is 63.8 Å². The SMILES string of the molecule is O=[N+]([O-])c1ccc(-c2ccc(CNc3nccs3)o2)cc1. The van der Waals surface area contributed by atoms with Gasteiger partial charge in [-0.1, -0.05) is 0 Å². The summed E-state index contributed by atoms with van der Waals surface area (Å²) >= 11 is 1.52. The van der Waals surface area contributed by atoms with Crippen LogP contribution in [-0.4, -0.2) is 9.91 Å². The highest BCUT2D eigenvalue weighted by atomic mass is 32.1. The van der Waals surface area contributed by atoms with E-state index in [9.17, 15) is 10.1 Å². The van der Waals surface area contributed by atoms with Gasteiger partial charge in [0.2, 0.25) is 0 Å². The average molecular weight is 301 g/mol. The van der Waals surface area contributed by atoms with E-state index in [1.54, 1.807) is 18.3 Å². The van der Waals surface area contributed by atoms with Crippen LogP contribution in [0.4, 0.5) is 10.8 Å². The van der Waals surface area contributed by atoms with Crippen molar-refractivity contribution in [3.8, 4) is 11.3 Å². The molecule has 2 aromatic heterocycles. The van der Waals surface area contributed by atoms with Crippen molar-refractivity contribution in [1.82, 2.24) is 4.98 Å². The average Bonchev–Trinajstić information content (AvgIpc) is 3.17. The lowest BCUT2D eigenvalue weighted by Gasteiger charge is -1.99. The van der Waals surface area contributed by atoms with Gasteiger partial charge in [0.05, 0.1) is 11.5 Å². The van der Waals surface area contributed by atoms with Gasteiger partial charge in [-0.15, -0.1) is 11.3 Å². The molecule has 0 aliphatic rings. The highest BCUT2D eigenvalue weighted by molar-refractivity contribution is 7.13. The number of nitrogens with one attached hydrogen (secondary N) is 1. The van der Waals surface area contributed by atoms with Crippen LogP contribution in [0.25, 0.3) is 11.3 Å². The number of nitro benzene ring substituents is 1. The predicted molar refractivity (Wildman–Crippen MR) is 80.2 cm³/mol. The van der Waals surface area contributed by atoms with E-state index in [0.717, 1.165) is 16.5 Å². The first kappa shape index (κ1) is 13.3. The molecule has 2 heterocycles. The monoisotopic (exact) mass is 301 g/mol. The highest BCUT2D eigenvalue weighted by Gasteiger charge is 2.08. The van der Waals surface area contributed by atoms with Crippen LogP contribution in [0.5, 0.6) is 0 Å². The number of anilines is 1. The second kappa shape index (κ2) is 5.76. The van der Waals surface area contributed by atoms with Crippen LogP contribution < -0.4 is 5.32 Å². The molecule has 0 fully saturated rings. The van der Waals surface area contributed by atoms with E-state index in [1.807, 2.05) is 17.5 Å². The molecule has 0 bridgehead atoms. The minimum atomic E-state index is -0.421. The quantitative estimate of drug-likeness (QED) is 0.570. The molecule has 0 aliphatic heterocycles. The van der Waals surface area contributed by atoms with Crippen molar-refractivity contribution in [3.63, 3.8) is 0 Å². The Hall–Kier alpha value is -2.67. The zero-order chi connectivity index (χ0) is 14.7. The van der Waals surface area contributed by atoms with Crippen LogP contribution in [0.1, 0.15) is 5.76 Å². The summed E-state index contributed by atoms with van der Waals surface area (Å²) in [6.45, 7) is 0.542. The molecule has 1 aromatic carbocycles. The van der Waals surface area contributed by atoms with Gasteiger partial charge in [-0.25, -0.2) is 4.98 Å². The third-order valence-electron chi connectivity index (χ3n) is 2.87. The second-order valence-electron chi connectivity index (χ2n) is 4.26. The van der Waals surface area contributed by atoms with Crippen molar-refractivity contribution < 1.29 is 9.34 Å². The zero-order valence-electron chi connectivity index (χ0n) is 10.9. The van der Waals surface area contributed by atoms with Crippen LogP contribution in [0.2, 0.25) is 0 Å². The number of furan rings is 1. The van der Waals surface area contributed by atoms with E-state index in [1.165, 1.54) is 23.5 Å². The Morgan fingerprint density at radius 3 is 2.71 bits per heavy atom. The Labute approximate surface area is 124 Å². The first-order chi connectivity index (χ1) is 10.2. The molecular weight excluding hydrogens is 290 g/mol. The molecule has 0 saturated carbocycles. The van der Waals surface area contributed by atoms with Crippen LogP contribution in [-0.2, 0) is 6.54 Å². The van der Waals surface area contributed by atoms with Crippen LogP contribution in [0.3, 0.4) is 0 Å². The molecule has 1 N–H and O–H groups in total. The van der Waals surface area contributed by atoms with Crippen molar-refractivity contribution in [2.45, 2.75) is 6.54 Å². The van der Waals surface area contributed by atoms with Gasteiger partial charge in [0.25, 0.3) is 5.69 Å². The minimum Gasteiger partial charge on any atom is -0.459 e. The van der Waals surface area contributed by atoms with Gasteiger partial charge in [-0.2, -0.15) is 0 Å². The first-order valence-electron chi connectivity index (χ1n) is 6.19. The summed E-state index contributed by atoms with van der Waals surface area (Å²) < 4.78 is 5.71. The molecule has 3 rings (SSSR count). The zero-order valence-corrected chi connectivity index (χ0v) is 11.7. The van der Waals surface area contributed by atoms with Gasteiger partial charge in [0, 0.05) is 29.3 Å². The Kier molecular flexibility index (Phi) is 3.65. The number of thiazole rings is 1. The molecule has 6 nitrogen and oxygen atoms in total. The molecule has 21 heavy (non-hydrogen) atoms. The maximum atomic E-state index is 10.6. The summed E-state index contributed by atoms with van der Waals surface area (Å²) in [5.41, 5.74) is 0.872. The van der Waals surface area contributed by atoms with Gasteiger partial charge >= 0.3 is 0 Å². The molecular formula is C14H11N3O3S. The molecule has 3 aromatic rings. The van der Waals surface area contributed by atoms with E-state index in [2.05, 4.69) is 10.3 Å². The lowest BCUT2D eigenvalue weighted by molar-refractivity contribution is -0.384. The van der Waals surface area contributed by atoms with Gasteiger partial charge in [0.15, 0.2) is 5.13 Å². The lowest BCUT2D eigenvalue weighted by Crippen LogP contribution is -1.96. The largest absolute Gasteiger partial charge is 0.459 e. The van der Waals surface area contributed by atoms with Crippen molar-refractivity contribution in [1.29, 1.82) is 0 Å². The summed E-state index contributed by atoms with van der Waals surface area (Å²) in [6.07, 6.45) is 1.73. The highest BCUT2D eigenvalue weighted by Crippen LogP contribution is 2.25. The summed E-state index contributed by atoms with van der Waals surface area (Å²) in [4.78, 5) is 14.3. The number of hydrogen-bond donors (Lipinski definition) is 1. The molecule has 0 aliphatic carbocycles. The predicted octanol–water partition coefficient (Wildman–Crippen LogP) is 3.92. The number of non-ortho nitro benzene ring substituents is 1. The topological polar surface area (TPSA) is 81.2 Å². The molecule has 0 atom stereocenters. The van der Waals surface area contributed by atoms with E-state index < -0.39 is 4.92 Å². The smallest absolute Gasteiger partial charge is 0.269 e. The molecule has 0 unspecified atom stereocenters. The van der Waals surface area contributed by atoms with Gasteiger partial charge in [-0.05, 0) is 24.3 Å². The fraction of sp³-hybridized carbons (Fsp3) is 0.0714. The molecule has 106 valence electrons. The summed E-state index contributed by atoms with van der Waals surface area (Å²) in [6, 6.07) is 10.00. The minimum absolute atomic E-state index is 0.0657. The Bertz CT molecular complexity index is 735. The van der Waals surface area contributed by atoms with Crippen LogP contribution >= 0.6 is 11.3 Å². The number of benzene rings is 1. The van der Waals surface area contributed by atoms with Crippen molar-refractivity contribution >= 4 is 22.2 Å². The van der Waals surface area contributed by atoms with Crippen molar-refractivity contribution in [2.75, 3.05) is 5.32 Å². The molecule has 0 radical (unpaired) electrons. The summed E-state index contributed by atoms with van der Waals surface area (Å²) in [7, 11) is 0. The third kappa shape index (κ3) is 3.09. The summed E-state index contributed by atoms with van der Waals surface area (Å²) in [5.74, 6) is 1.46. The lowest BCUT2D eigenvalue weighted by atomic mass is 10.1. The van der Waals surface area contributed by atoms with E-state index >= 15 is 0 Å². The standard InChI is InChI=1S/C14H11N3O3S/c18-17(19)11-3-1-10(2-4-11)13-6-5-12(20-13)9-16-14-15-7-8-21-14/h1-8H,9H2,(H,15,16). The van der Waals surface area contributed by atoms with Gasteiger partial charge < -0.3 is 9.73 Å². The molecule has 0 spiro atoms. The number of rotatable bonds is 5. The maximum Gasteiger partial charge on any atom is 0.269 e. The number of nitro groups is 1. The van der Waals surface area contributed by atoms with E-state index in [-0.39, 0.29) is 5.69 Å².